The molecule has 0 radical (unpaired) electrons. The molecule has 8 heteroatoms. The molecule has 1 N–H and O–H groups in total. The molecule has 2 aliphatic rings. The first-order chi connectivity index (χ1) is 14.4. The monoisotopic (exact) mass is 410 g/mol. The fraction of sp³-hybridized carbons (Fsp3) is 0.545. The lowest BCUT2D eigenvalue weighted by atomic mass is 9.89. The SMILES string of the molecule is CC1CN(c2ccc(C#N)c3nccnc23)CC1NC(=O)CC1(F)CCN(C)CC1. The average Bonchev–Trinajstić information content (AvgIpc) is 3.09. The van der Waals surface area contributed by atoms with Gasteiger partial charge in [-0.15, -0.1) is 0 Å². The Morgan fingerprint density at radius 2 is 1.97 bits per heavy atom. The highest BCUT2D eigenvalue weighted by Crippen LogP contribution is 2.32. The van der Waals surface area contributed by atoms with Crippen molar-refractivity contribution >= 4 is 22.6 Å². The van der Waals surface area contributed by atoms with Gasteiger partial charge in [0.2, 0.25) is 5.91 Å². The smallest absolute Gasteiger partial charge is 0.223 e. The van der Waals surface area contributed by atoms with Gasteiger partial charge >= 0.3 is 0 Å². The highest BCUT2D eigenvalue weighted by molar-refractivity contribution is 5.92. The summed E-state index contributed by atoms with van der Waals surface area (Å²) in [5.41, 5.74) is 1.25. The summed E-state index contributed by atoms with van der Waals surface area (Å²) in [4.78, 5) is 25.6. The molecule has 2 aliphatic heterocycles. The Bertz CT molecular complexity index is 981. The highest BCUT2D eigenvalue weighted by atomic mass is 19.1. The van der Waals surface area contributed by atoms with Crippen molar-refractivity contribution in [3.63, 3.8) is 0 Å². The molecule has 0 saturated carbocycles. The Kier molecular flexibility index (Phi) is 5.56. The van der Waals surface area contributed by atoms with Crippen molar-refractivity contribution in [2.45, 2.75) is 37.9 Å². The van der Waals surface area contributed by atoms with Crippen LogP contribution in [0.5, 0.6) is 0 Å². The molecule has 2 aromatic rings. The number of benzene rings is 1. The number of fused-ring (bicyclic) bond motifs is 1. The summed E-state index contributed by atoms with van der Waals surface area (Å²) in [7, 11) is 1.98. The molecule has 30 heavy (non-hydrogen) atoms. The molecular formula is C22H27FN6O. The summed E-state index contributed by atoms with van der Waals surface area (Å²) in [6.07, 6.45) is 3.93. The third-order valence-electron chi connectivity index (χ3n) is 6.38. The zero-order valence-corrected chi connectivity index (χ0v) is 17.4. The molecular weight excluding hydrogens is 383 g/mol. The largest absolute Gasteiger partial charge is 0.367 e. The number of aromatic nitrogens is 2. The number of anilines is 1. The lowest BCUT2D eigenvalue weighted by molar-refractivity contribution is -0.125. The standard InChI is InChI=1S/C22H27FN6O/c1-15-13-29(18-4-3-16(12-24)20-21(18)26-8-7-25-20)14-17(15)27-19(30)11-22(23)5-9-28(2)10-6-22/h3-4,7-8,15,17H,5-6,9-11,13-14H2,1-2H3,(H,27,30). The summed E-state index contributed by atoms with van der Waals surface area (Å²) in [6, 6.07) is 5.75. The van der Waals surface area contributed by atoms with Crippen molar-refractivity contribution in [3.05, 3.63) is 30.1 Å². The van der Waals surface area contributed by atoms with E-state index >= 15 is 4.39 Å². The minimum atomic E-state index is -1.41. The number of piperidine rings is 1. The van der Waals surface area contributed by atoms with Crippen LogP contribution in [0, 0.1) is 17.2 Å². The van der Waals surface area contributed by atoms with Crippen molar-refractivity contribution in [3.8, 4) is 6.07 Å². The predicted octanol–water partition coefficient (Wildman–Crippen LogP) is 2.27. The number of carbonyl (C=O) groups is 1. The molecule has 0 bridgehead atoms. The van der Waals surface area contributed by atoms with Crippen LogP contribution in [0.1, 0.15) is 31.7 Å². The number of alkyl halides is 1. The van der Waals surface area contributed by atoms with E-state index in [1.807, 2.05) is 13.1 Å². The van der Waals surface area contributed by atoms with E-state index in [0.29, 0.717) is 49.1 Å². The third kappa shape index (κ3) is 4.08. The molecule has 0 aliphatic carbocycles. The van der Waals surface area contributed by atoms with Crippen LogP contribution in [-0.2, 0) is 4.79 Å². The molecule has 7 nitrogen and oxygen atoms in total. The molecule has 1 aromatic heterocycles. The Morgan fingerprint density at radius 1 is 1.27 bits per heavy atom. The average molecular weight is 410 g/mol. The fourth-order valence-corrected chi connectivity index (χ4v) is 4.48. The number of likely N-dealkylation sites (tertiary alicyclic amines) is 1. The first-order valence-electron chi connectivity index (χ1n) is 10.4. The summed E-state index contributed by atoms with van der Waals surface area (Å²) >= 11 is 0. The molecule has 2 fully saturated rings. The van der Waals surface area contributed by atoms with Gasteiger partial charge in [0.1, 0.15) is 22.8 Å². The molecule has 2 atom stereocenters. The second kappa shape index (κ2) is 8.15. The first kappa shape index (κ1) is 20.5. The van der Waals surface area contributed by atoms with Crippen LogP contribution in [0.3, 0.4) is 0 Å². The van der Waals surface area contributed by atoms with E-state index in [9.17, 15) is 10.1 Å². The van der Waals surface area contributed by atoms with Crippen molar-refractivity contribution in [1.29, 1.82) is 5.26 Å². The third-order valence-corrected chi connectivity index (χ3v) is 6.38. The number of nitrogens with zero attached hydrogens (tertiary/aromatic N) is 5. The van der Waals surface area contributed by atoms with E-state index < -0.39 is 5.67 Å². The van der Waals surface area contributed by atoms with Gasteiger partial charge in [0, 0.05) is 38.6 Å². The highest BCUT2D eigenvalue weighted by Gasteiger charge is 2.38. The zero-order chi connectivity index (χ0) is 21.3. The van der Waals surface area contributed by atoms with Gasteiger partial charge in [0.15, 0.2) is 0 Å². The van der Waals surface area contributed by atoms with Crippen molar-refractivity contribution in [1.82, 2.24) is 20.2 Å². The number of nitrogens with one attached hydrogen (secondary N) is 1. The number of hydrogen-bond acceptors (Lipinski definition) is 6. The van der Waals surface area contributed by atoms with Crippen LogP contribution < -0.4 is 10.2 Å². The Balaban J connectivity index is 1.45. The van der Waals surface area contributed by atoms with Gasteiger partial charge in [-0.2, -0.15) is 5.26 Å². The van der Waals surface area contributed by atoms with Gasteiger partial charge < -0.3 is 15.1 Å². The normalized spacial score (nSPS) is 24.0. The number of amides is 1. The quantitative estimate of drug-likeness (QED) is 0.832. The zero-order valence-electron chi connectivity index (χ0n) is 17.4. The number of carbonyl (C=O) groups excluding carboxylic acids is 1. The van der Waals surface area contributed by atoms with Crippen molar-refractivity contribution < 1.29 is 9.18 Å². The van der Waals surface area contributed by atoms with Crippen molar-refractivity contribution in [2.75, 3.05) is 38.1 Å². The summed E-state index contributed by atoms with van der Waals surface area (Å²) in [5.74, 6) is -0.00500. The molecule has 3 heterocycles. The molecule has 1 amide bonds. The maximum absolute atomic E-state index is 15.0. The van der Waals surface area contributed by atoms with Crippen LogP contribution >= 0.6 is 0 Å². The Hall–Kier alpha value is -2.79. The van der Waals surface area contributed by atoms with E-state index in [-0.39, 0.29) is 24.3 Å². The second-order valence-electron chi connectivity index (χ2n) is 8.68. The molecule has 2 saturated heterocycles. The Morgan fingerprint density at radius 3 is 2.67 bits per heavy atom. The van der Waals surface area contributed by atoms with Crippen LogP contribution in [0.4, 0.5) is 10.1 Å². The molecule has 2 unspecified atom stereocenters. The lowest BCUT2D eigenvalue weighted by Crippen LogP contribution is -2.46. The summed E-state index contributed by atoms with van der Waals surface area (Å²) in [5, 5.41) is 12.4. The molecule has 4 rings (SSSR count). The molecule has 0 spiro atoms. The predicted molar refractivity (Wildman–Crippen MR) is 113 cm³/mol. The van der Waals surface area contributed by atoms with Gasteiger partial charge in [-0.1, -0.05) is 6.92 Å². The maximum Gasteiger partial charge on any atom is 0.223 e. The van der Waals surface area contributed by atoms with Gasteiger partial charge in [-0.25, -0.2) is 4.39 Å². The topological polar surface area (TPSA) is 85.1 Å². The van der Waals surface area contributed by atoms with E-state index in [1.54, 1.807) is 18.5 Å². The van der Waals surface area contributed by atoms with E-state index in [4.69, 9.17) is 0 Å². The number of rotatable bonds is 4. The van der Waals surface area contributed by atoms with Crippen LogP contribution in [-0.4, -0.2) is 65.7 Å². The van der Waals surface area contributed by atoms with Crippen LogP contribution in [0.15, 0.2) is 24.5 Å². The number of hydrogen-bond donors (Lipinski definition) is 1. The van der Waals surface area contributed by atoms with E-state index in [0.717, 1.165) is 12.2 Å². The Labute approximate surface area is 175 Å². The summed E-state index contributed by atoms with van der Waals surface area (Å²) < 4.78 is 15.0. The van der Waals surface area contributed by atoms with Crippen LogP contribution in [0.2, 0.25) is 0 Å². The van der Waals surface area contributed by atoms with Crippen LogP contribution in [0.25, 0.3) is 11.0 Å². The summed E-state index contributed by atoms with van der Waals surface area (Å²) in [6.45, 7) is 4.82. The second-order valence-corrected chi connectivity index (χ2v) is 8.68. The fourth-order valence-electron chi connectivity index (χ4n) is 4.48. The minimum Gasteiger partial charge on any atom is -0.367 e. The molecule has 1 aromatic carbocycles. The molecule has 158 valence electrons. The van der Waals surface area contributed by atoms with E-state index in [1.165, 1.54) is 0 Å². The minimum absolute atomic E-state index is 0.0604. The first-order valence-corrected chi connectivity index (χ1v) is 10.4. The van der Waals surface area contributed by atoms with Gasteiger partial charge in [-0.3, -0.25) is 14.8 Å². The van der Waals surface area contributed by atoms with Gasteiger partial charge in [0.05, 0.1) is 23.7 Å². The number of halogens is 1. The lowest BCUT2D eigenvalue weighted by Gasteiger charge is -2.34. The van der Waals surface area contributed by atoms with Gasteiger partial charge in [0.25, 0.3) is 0 Å². The maximum atomic E-state index is 15.0. The van der Waals surface area contributed by atoms with Gasteiger partial charge in [-0.05, 0) is 37.9 Å². The number of nitriles is 1. The van der Waals surface area contributed by atoms with E-state index in [2.05, 4.69) is 38.1 Å². The van der Waals surface area contributed by atoms with Crippen molar-refractivity contribution in [2.24, 2.45) is 5.92 Å².